The summed E-state index contributed by atoms with van der Waals surface area (Å²) in [5, 5.41) is 9.87. The molecule has 1 aliphatic rings. The van der Waals surface area contributed by atoms with E-state index in [1.54, 1.807) is 6.07 Å². The van der Waals surface area contributed by atoms with Crippen LogP contribution in [0.4, 0.5) is 37.0 Å². The maximum absolute atomic E-state index is 13.1. The van der Waals surface area contributed by atoms with Crippen LogP contribution >= 0.6 is 0 Å². The van der Waals surface area contributed by atoms with Gasteiger partial charge in [0.25, 0.3) is 0 Å². The summed E-state index contributed by atoms with van der Waals surface area (Å²) in [5.74, 6) is -2.57. The van der Waals surface area contributed by atoms with Gasteiger partial charge in [-0.3, -0.25) is 5.32 Å². The molecule has 1 saturated heterocycles. The molecule has 2 aromatic rings. The van der Waals surface area contributed by atoms with Crippen LogP contribution in [0.5, 0.6) is 5.75 Å². The number of halogens is 6. The second-order valence-corrected chi connectivity index (χ2v) is 7.65. The Balaban J connectivity index is 0.000000572. The Morgan fingerprint density at radius 2 is 1.81 bits per heavy atom. The average molecular weight is 523 g/mol. The number of hydrogen-bond donors (Lipinski definition) is 2. The topological polar surface area (TPSA) is 101 Å². The van der Waals surface area contributed by atoms with Crippen molar-refractivity contribution in [2.45, 2.75) is 32.3 Å². The van der Waals surface area contributed by atoms with E-state index < -0.39 is 30.0 Å². The van der Waals surface area contributed by atoms with Gasteiger partial charge in [-0.05, 0) is 43.7 Å². The van der Waals surface area contributed by atoms with Gasteiger partial charge in [-0.1, -0.05) is 12.1 Å². The van der Waals surface area contributed by atoms with Crippen LogP contribution in [-0.4, -0.2) is 65.6 Å². The number of ether oxygens (including phenoxy) is 2. The minimum atomic E-state index is -5.08. The number of carbonyl (C=O) groups excluding carboxylic acids is 1. The van der Waals surface area contributed by atoms with Gasteiger partial charge in [0.05, 0.1) is 18.7 Å². The number of aromatic nitrogens is 1. The van der Waals surface area contributed by atoms with Gasteiger partial charge in [0.15, 0.2) is 0 Å². The van der Waals surface area contributed by atoms with Crippen LogP contribution in [0.25, 0.3) is 0 Å². The lowest BCUT2D eigenvalue weighted by Crippen LogP contribution is -2.49. The number of anilines is 1. The number of nitrogens with one attached hydrogen (secondary N) is 1. The minimum Gasteiger partial charge on any atom is -0.490 e. The smallest absolute Gasteiger partial charge is 0.490 e. The van der Waals surface area contributed by atoms with E-state index in [2.05, 4.69) is 10.3 Å². The first kappa shape index (κ1) is 28.7. The Hall–Kier alpha value is -3.55. The fraction of sp³-hybridized carbons (Fsp3) is 0.409. The van der Waals surface area contributed by atoms with Crippen molar-refractivity contribution < 1.29 is 50.5 Å². The highest BCUT2D eigenvalue weighted by Gasteiger charge is 2.38. The molecular formula is C22H23F6N3O5. The Kier molecular flexibility index (Phi) is 9.50. The van der Waals surface area contributed by atoms with Crippen molar-refractivity contribution in [3.05, 3.63) is 53.2 Å². The highest BCUT2D eigenvalue weighted by molar-refractivity contribution is 5.88. The van der Waals surface area contributed by atoms with Crippen molar-refractivity contribution in [3.63, 3.8) is 0 Å². The third-order valence-electron chi connectivity index (χ3n) is 4.62. The lowest BCUT2D eigenvalue weighted by Gasteiger charge is -2.32. The molecule has 36 heavy (non-hydrogen) atoms. The molecule has 0 saturated carbocycles. The van der Waals surface area contributed by atoms with Crippen LogP contribution in [0.3, 0.4) is 0 Å². The summed E-state index contributed by atoms with van der Waals surface area (Å²) in [7, 11) is 0. The molecule has 1 fully saturated rings. The van der Waals surface area contributed by atoms with Crippen molar-refractivity contribution in [2.24, 2.45) is 0 Å². The zero-order chi connectivity index (χ0) is 27.1. The van der Waals surface area contributed by atoms with Crippen molar-refractivity contribution in [1.29, 1.82) is 0 Å². The van der Waals surface area contributed by atoms with E-state index in [0.717, 1.165) is 17.3 Å². The van der Waals surface area contributed by atoms with E-state index in [9.17, 15) is 31.1 Å². The Morgan fingerprint density at radius 3 is 2.39 bits per heavy atom. The summed E-state index contributed by atoms with van der Waals surface area (Å²) in [6.07, 6.45) is -10.1. The summed E-state index contributed by atoms with van der Waals surface area (Å²) in [4.78, 5) is 27.2. The van der Waals surface area contributed by atoms with Gasteiger partial charge < -0.3 is 19.5 Å². The highest BCUT2D eigenvalue weighted by atomic mass is 19.4. The number of amides is 2. The quantitative estimate of drug-likeness (QED) is 0.566. The molecule has 2 amide bonds. The Bertz CT molecular complexity index is 1040. The van der Waals surface area contributed by atoms with Crippen molar-refractivity contribution in [1.82, 2.24) is 9.88 Å². The number of benzene rings is 1. The van der Waals surface area contributed by atoms with Crippen molar-refractivity contribution >= 4 is 17.8 Å². The number of carboxylic acid groups (broad SMARTS) is 1. The normalized spacial score (nSPS) is 16.0. The third-order valence-corrected chi connectivity index (χ3v) is 4.62. The molecular weight excluding hydrogens is 500 g/mol. The number of hydrogen-bond acceptors (Lipinski definition) is 5. The molecule has 0 bridgehead atoms. The van der Waals surface area contributed by atoms with Gasteiger partial charge in [0, 0.05) is 12.2 Å². The predicted octanol–water partition coefficient (Wildman–Crippen LogP) is 4.66. The molecule has 8 nitrogen and oxygen atoms in total. The molecule has 1 atom stereocenters. The van der Waals surface area contributed by atoms with E-state index in [1.807, 2.05) is 19.9 Å². The number of alkyl halides is 6. The first-order valence-corrected chi connectivity index (χ1v) is 10.4. The van der Waals surface area contributed by atoms with Gasteiger partial charge in [-0.15, -0.1) is 0 Å². The maximum atomic E-state index is 13.1. The second-order valence-electron chi connectivity index (χ2n) is 7.65. The number of aliphatic carboxylic acids is 1. The van der Waals surface area contributed by atoms with Gasteiger partial charge in [-0.2, -0.15) is 26.3 Å². The molecule has 1 aromatic carbocycles. The van der Waals surface area contributed by atoms with Crippen LogP contribution in [0, 0.1) is 13.8 Å². The SMILES string of the molecule is Cc1cc(C)nc(NC(=O)N2CCOC(COc3ccccc3C(F)(F)F)C2)c1.O=C(O)C(F)(F)F. The van der Waals surface area contributed by atoms with Crippen molar-refractivity contribution in [3.8, 4) is 5.75 Å². The molecule has 1 unspecified atom stereocenters. The first-order chi connectivity index (χ1) is 16.7. The fourth-order valence-electron chi connectivity index (χ4n) is 3.11. The van der Waals surface area contributed by atoms with E-state index in [1.165, 1.54) is 23.1 Å². The zero-order valence-corrected chi connectivity index (χ0v) is 19.1. The number of rotatable bonds is 4. The molecule has 0 spiro atoms. The summed E-state index contributed by atoms with van der Waals surface area (Å²) in [6.45, 7) is 4.48. The monoisotopic (exact) mass is 523 g/mol. The van der Waals surface area contributed by atoms with Crippen LogP contribution in [0.15, 0.2) is 36.4 Å². The number of para-hydroxylation sites is 1. The molecule has 0 radical (unpaired) electrons. The number of nitrogens with zero attached hydrogens (tertiary/aromatic N) is 2. The first-order valence-electron chi connectivity index (χ1n) is 10.4. The van der Waals surface area contributed by atoms with Crippen LogP contribution < -0.4 is 10.1 Å². The van der Waals surface area contributed by atoms with E-state index in [4.69, 9.17) is 19.4 Å². The average Bonchev–Trinajstić information content (AvgIpc) is 2.76. The number of pyridine rings is 1. The maximum Gasteiger partial charge on any atom is 0.490 e. The van der Waals surface area contributed by atoms with Crippen molar-refractivity contribution in [2.75, 3.05) is 31.6 Å². The number of aryl methyl sites for hydroxylation is 2. The number of carbonyl (C=O) groups is 2. The zero-order valence-electron chi connectivity index (χ0n) is 19.1. The third kappa shape index (κ3) is 8.91. The summed E-state index contributed by atoms with van der Waals surface area (Å²) in [6, 6.07) is 8.33. The molecule has 1 aliphatic heterocycles. The highest BCUT2D eigenvalue weighted by Crippen LogP contribution is 2.36. The van der Waals surface area contributed by atoms with Gasteiger partial charge >= 0.3 is 24.4 Å². The molecule has 0 aliphatic carbocycles. The van der Waals surface area contributed by atoms with E-state index >= 15 is 0 Å². The minimum absolute atomic E-state index is 0.0985. The van der Waals surface area contributed by atoms with E-state index in [-0.39, 0.29) is 31.5 Å². The molecule has 3 rings (SSSR count). The van der Waals surface area contributed by atoms with Gasteiger partial charge in [-0.25, -0.2) is 14.6 Å². The number of carboxylic acids is 1. The fourth-order valence-corrected chi connectivity index (χ4v) is 3.11. The van der Waals surface area contributed by atoms with Gasteiger partial charge in [0.2, 0.25) is 0 Å². The second kappa shape index (κ2) is 11.9. The molecule has 14 heteroatoms. The molecule has 2 N–H and O–H groups in total. The predicted molar refractivity (Wildman–Crippen MR) is 115 cm³/mol. The lowest BCUT2D eigenvalue weighted by atomic mass is 10.2. The standard InChI is InChI=1S/C20H22F3N3O3.C2HF3O2/c1-13-9-14(2)24-18(10-13)25-19(27)26-7-8-28-15(11-26)12-29-17-6-4-3-5-16(17)20(21,22)23;3-2(4,5)1(6)7/h3-6,9-10,15H,7-8,11-12H2,1-2H3,(H,24,25,27);(H,6,7). The lowest BCUT2D eigenvalue weighted by molar-refractivity contribution is -0.192. The molecule has 198 valence electrons. The largest absolute Gasteiger partial charge is 0.490 e. The summed E-state index contributed by atoms with van der Waals surface area (Å²) < 4.78 is 81.9. The Morgan fingerprint density at radius 1 is 1.17 bits per heavy atom. The van der Waals surface area contributed by atoms with Crippen LogP contribution in [0.2, 0.25) is 0 Å². The van der Waals surface area contributed by atoms with Crippen LogP contribution in [-0.2, 0) is 15.7 Å². The molecule has 1 aromatic heterocycles. The van der Waals surface area contributed by atoms with Gasteiger partial charge in [0.1, 0.15) is 24.3 Å². The number of urea groups is 1. The molecule has 2 heterocycles. The van der Waals surface area contributed by atoms with E-state index in [0.29, 0.717) is 12.4 Å². The van der Waals surface area contributed by atoms with Crippen LogP contribution in [0.1, 0.15) is 16.8 Å². The number of morpholine rings is 1. The summed E-state index contributed by atoms with van der Waals surface area (Å²) >= 11 is 0. The summed E-state index contributed by atoms with van der Waals surface area (Å²) in [5.41, 5.74) is 0.924. The Labute approximate surface area is 201 Å².